The molecule has 2 aliphatic carbocycles. The predicted octanol–water partition coefficient (Wildman–Crippen LogP) is 12.8. The van der Waals surface area contributed by atoms with Crippen LogP contribution in [0.15, 0.2) is 182 Å². The molecule has 0 radical (unpaired) electrons. The average Bonchev–Trinajstić information content (AvgIpc) is 3.69. The van der Waals surface area contributed by atoms with Crippen LogP contribution in [0.5, 0.6) is 0 Å². The molecule has 0 aliphatic heterocycles. The number of nitrogens with zero attached hydrogens (tertiary/aromatic N) is 2. The molecule has 8 aromatic carbocycles. The summed E-state index contributed by atoms with van der Waals surface area (Å²) >= 11 is 0. The quantitative estimate of drug-likeness (QED) is 0.171. The number of pyridine rings is 2. The van der Waals surface area contributed by atoms with Crippen molar-refractivity contribution in [1.29, 1.82) is 0 Å². The van der Waals surface area contributed by atoms with E-state index < -0.39 is 0 Å². The van der Waals surface area contributed by atoms with Crippen LogP contribution < -0.4 is 0 Å². The van der Waals surface area contributed by atoms with Crippen LogP contribution in [0.1, 0.15) is 22.3 Å². The minimum Gasteiger partial charge on any atom is -0.254 e. The molecule has 2 nitrogen and oxygen atoms in total. The van der Waals surface area contributed by atoms with Gasteiger partial charge in [-0.2, -0.15) is 0 Å². The van der Waals surface area contributed by atoms with E-state index in [0.717, 1.165) is 33.1 Å². The van der Waals surface area contributed by atoms with Crippen LogP contribution in [-0.4, -0.2) is 9.97 Å². The van der Waals surface area contributed by atoms with Gasteiger partial charge >= 0.3 is 0 Å². The second-order valence-electron chi connectivity index (χ2n) is 14.5. The summed E-state index contributed by atoms with van der Waals surface area (Å²) in [5, 5.41) is 7.29. The zero-order valence-corrected chi connectivity index (χ0v) is 28.7. The lowest BCUT2D eigenvalue weighted by Crippen LogP contribution is -2.25. The summed E-state index contributed by atoms with van der Waals surface area (Å²) in [6, 6.07) is 65.0. The van der Waals surface area contributed by atoms with Crippen molar-refractivity contribution in [1.82, 2.24) is 9.97 Å². The Kier molecular flexibility index (Phi) is 5.73. The molecule has 12 rings (SSSR count). The first kappa shape index (κ1) is 28.8. The molecule has 0 bridgehead atoms. The first-order valence-electron chi connectivity index (χ1n) is 18.3. The number of hydrogen-bond acceptors (Lipinski definition) is 2. The lowest BCUT2D eigenvalue weighted by atomic mass is 9.70. The molecule has 0 fully saturated rings. The van der Waals surface area contributed by atoms with E-state index in [0.29, 0.717) is 0 Å². The van der Waals surface area contributed by atoms with E-state index in [1.807, 2.05) is 12.3 Å². The maximum absolute atomic E-state index is 5.09. The van der Waals surface area contributed by atoms with Crippen LogP contribution >= 0.6 is 0 Å². The second-order valence-corrected chi connectivity index (χ2v) is 14.5. The number of fused-ring (bicyclic) bond motifs is 16. The molecule has 2 aliphatic rings. The molecule has 0 amide bonds. The topological polar surface area (TPSA) is 25.8 Å². The van der Waals surface area contributed by atoms with Crippen LogP contribution in [0.4, 0.5) is 0 Å². The Labute approximate surface area is 306 Å². The molecular formula is C51H30N2. The summed E-state index contributed by atoms with van der Waals surface area (Å²) in [4.78, 5) is 9.74. The molecule has 10 aromatic rings. The lowest BCUT2D eigenvalue weighted by molar-refractivity contribution is 0.795. The highest BCUT2D eigenvalue weighted by atomic mass is 14.7. The molecule has 0 N–H and O–H groups in total. The van der Waals surface area contributed by atoms with Crippen LogP contribution in [0.25, 0.3) is 88.0 Å². The normalized spacial score (nSPS) is 13.4. The number of benzene rings is 8. The Hall–Kier alpha value is -6.90. The van der Waals surface area contributed by atoms with E-state index in [-0.39, 0.29) is 5.41 Å². The summed E-state index contributed by atoms with van der Waals surface area (Å²) in [6.45, 7) is 0. The van der Waals surface area contributed by atoms with E-state index in [1.165, 1.54) is 77.2 Å². The summed E-state index contributed by atoms with van der Waals surface area (Å²) in [7, 11) is 0. The van der Waals surface area contributed by atoms with Crippen molar-refractivity contribution in [2.24, 2.45) is 0 Å². The Morgan fingerprint density at radius 1 is 0.358 bits per heavy atom. The third-order valence-corrected chi connectivity index (χ3v) is 11.9. The number of rotatable bonds is 2. The van der Waals surface area contributed by atoms with E-state index in [4.69, 9.17) is 4.98 Å². The van der Waals surface area contributed by atoms with Crippen LogP contribution in [0.2, 0.25) is 0 Å². The van der Waals surface area contributed by atoms with Gasteiger partial charge in [-0.1, -0.05) is 146 Å². The minimum atomic E-state index is -0.387. The van der Waals surface area contributed by atoms with Crippen molar-refractivity contribution in [2.75, 3.05) is 0 Å². The van der Waals surface area contributed by atoms with Gasteiger partial charge in [0.05, 0.1) is 22.1 Å². The lowest BCUT2D eigenvalue weighted by Gasteiger charge is -2.30. The van der Waals surface area contributed by atoms with Crippen LogP contribution in [0.3, 0.4) is 0 Å². The Balaban J connectivity index is 1.03. The van der Waals surface area contributed by atoms with E-state index >= 15 is 0 Å². The molecule has 0 unspecified atom stereocenters. The predicted molar refractivity (Wildman–Crippen MR) is 219 cm³/mol. The summed E-state index contributed by atoms with van der Waals surface area (Å²) in [6.07, 6.45) is 1.84. The Morgan fingerprint density at radius 2 is 1.00 bits per heavy atom. The fourth-order valence-corrected chi connectivity index (χ4v) is 9.55. The Bertz CT molecular complexity index is 3130. The fourth-order valence-electron chi connectivity index (χ4n) is 9.55. The van der Waals surface area contributed by atoms with Gasteiger partial charge in [0.25, 0.3) is 0 Å². The third kappa shape index (κ3) is 3.87. The molecule has 0 atom stereocenters. The van der Waals surface area contributed by atoms with Crippen molar-refractivity contribution >= 4 is 43.4 Å². The molecule has 244 valence electrons. The Morgan fingerprint density at radius 3 is 1.83 bits per heavy atom. The van der Waals surface area contributed by atoms with Gasteiger partial charge in [-0.05, 0) is 108 Å². The van der Waals surface area contributed by atoms with Gasteiger partial charge in [-0.3, -0.25) is 4.98 Å². The van der Waals surface area contributed by atoms with Gasteiger partial charge in [0.15, 0.2) is 0 Å². The van der Waals surface area contributed by atoms with E-state index in [1.54, 1.807) is 0 Å². The summed E-state index contributed by atoms with van der Waals surface area (Å²) in [5.74, 6) is 0. The number of aromatic nitrogens is 2. The molecular weight excluding hydrogens is 641 g/mol. The van der Waals surface area contributed by atoms with E-state index in [9.17, 15) is 0 Å². The molecule has 53 heavy (non-hydrogen) atoms. The zero-order valence-electron chi connectivity index (χ0n) is 28.7. The molecule has 2 aromatic heterocycles. The molecule has 0 saturated carbocycles. The van der Waals surface area contributed by atoms with Gasteiger partial charge < -0.3 is 0 Å². The van der Waals surface area contributed by atoms with Crippen LogP contribution in [0, 0.1) is 0 Å². The van der Waals surface area contributed by atoms with Crippen molar-refractivity contribution in [2.45, 2.75) is 5.41 Å². The monoisotopic (exact) mass is 670 g/mol. The zero-order chi connectivity index (χ0) is 34.7. The summed E-state index contributed by atoms with van der Waals surface area (Å²) in [5.41, 5.74) is 16.7. The first-order valence-corrected chi connectivity index (χ1v) is 18.3. The standard InChI is InChI=1S/C51H30N2/c1-2-10-39-32(8-1)23-25-45-48(39)42-29-37-22-21-36(28-38(37)30-46(42)51(45)43-13-5-3-11-40(43)41-12-4-6-14-44(41)51)31-15-17-33(18-16-31)47-26-24-35-20-19-34-9-7-27-52-49(34)50(35)53-47/h1-30H. The maximum Gasteiger partial charge on any atom is 0.0972 e. The minimum absolute atomic E-state index is 0.387. The second kappa shape index (κ2) is 10.6. The van der Waals surface area contributed by atoms with Gasteiger partial charge in [0.1, 0.15) is 0 Å². The molecule has 2 heteroatoms. The smallest absolute Gasteiger partial charge is 0.0972 e. The highest BCUT2D eigenvalue weighted by Crippen LogP contribution is 2.64. The van der Waals surface area contributed by atoms with Crippen molar-refractivity contribution in [3.63, 3.8) is 0 Å². The van der Waals surface area contributed by atoms with Gasteiger partial charge in [0, 0.05) is 22.5 Å². The molecule has 2 heterocycles. The molecule has 0 saturated heterocycles. The third-order valence-electron chi connectivity index (χ3n) is 11.9. The summed E-state index contributed by atoms with van der Waals surface area (Å²) < 4.78 is 0. The van der Waals surface area contributed by atoms with E-state index in [2.05, 4.69) is 175 Å². The first-order chi connectivity index (χ1) is 26.3. The number of hydrogen-bond donors (Lipinski definition) is 0. The van der Waals surface area contributed by atoms with Gasteiger partial charge in [-0.15, -0.1) is 0 Å². The highest BCUT2D eigenvalue weighted by Gasteiger charge is 2.52. The fraction of sp³-hybridized carbons (Fsp3) is 0.0196. The SMILES string of the molecule is c1ccc2c(c1)-c1ccccc1C21c2cc3cc(-c4ccc(-c5ccc6ccc7cccnc7c6n5)cc4)ccc3cc2-c2c1ccc1ccccc21. The highest BCUT2D eigenvalue weighted by molar-refractivity contribution is 6.09. The van der Waals surface area contributed by atoms with Crippen LogP contribution in [-0.2, 0) is 5.41 Å². The maximum atomic E-state index is 5.09. The van der Waals surface area contributed by atoms with Crippen molar-refractivity contribution in [3.05, 3.63) is 204 Å². The molecule has 1 spiro atoms. The van der Waals surface area contributed by atoms with Crippen molar-refractivity contribution in [3.8, 4) is 44.6 Å². The largest absolute Gasteiger partial charge is 0.254 e. The van der Waals surface area contributed by atoms with Gasteiger partial charge in [0.2, 0.25) is 0 Å². The average molecular weight is 671 g/mol. The van der Waals surface area contributed by atoms with Crippen molar-refractivity contribution < 1.29 is 0 Å². The van der Waals surface area contributed by atoms with Gasteiger partial charge in [-0.25, -0.2) is 4.98 Å².